The molecule has 0 unspecified atom stereocenters. The Morgan fingerprint density at radius 2 is 2.04 bits per heavy atom. The molecular formula is C19H16N4O4S. The number of hydrogen-bond acceptors (Lipinski definition) is 6. The third kappa shape index (κ3) is 4.92. The summed E-state index contributed by atoms with van der Waals surface area (Å²) >= 11 is 5.18. The molecule has 0 aliphatic carbocycles. The second kappa shape index (κ2) is 8.78. The number of hydrazone groups is 1. The molecule has 9 heteroatoms. The van der Waals surface area contributed by atoms with Gasteiger partial charge in [-0.2, -0.15) is 5.10 Å². The summed E-state index contributed by atoms with van der Waals surface area (Å²) in [7, 11) is 1.59. The molecule has 8 nitrogen and oxygen atoms in total. The zero-order valence-electron chi connectivity index (χ0n) is 14.8. The molecule has 0 radical (unpaired) electrons. The van der Waals surface area contributed by atoms with E-state index >= 15 is 0 Å². The van der Waals surface area contributed by atoms with E-state index in [4.69, 9.17) is 21.4 Å². The van der Waals surface area contributed by atoms with Crippen LogP contribution in [0.5, 0.6) is 5.75 Å². The van der Waals surface area contributed by atoms with Gasteiger partial charge in [0.1, 0.15) is 17.3 Å². The van der Waals surface area contributed by atoms with Crippen molar-refractivity contribution >= 4 is 34.9 Å². The molecule has 2 N–H and O–H groups in total. The van der Waals surface area contributed by atoms with Gasteiger partial charge in [0, 0.05) is 29.4 Å². The summed E-state index contributed by atoms with van der Waals surface area (Å²) in [4.78, 5) is 10.4. The number of rotatable bonds is 6. The molecule has 0 bridgehead atoms. The van der Waals surface area contributed by atoms with Gasteiger partial charge in [0.25, 0.3) is 5.69 Å². The Labute approximate surface area is 166 Å². The van der Waals surface area contributed by atoms with E-state index in [1.165, 1.54) is 18.3 Å². The van der Waals surface area contributed by atoms with Gasteiger partial charge in [-0.3, -0.25) is 15.5 Å². The standard InChI is InChI=1S/C19H16N4O4S/c1-26-16-7-3-5-14(11-16)21-19(28)22-20-12-17-8-9-18(27-17)13-4-2-6-15(10-13)23(24)25/h2-12H,1H3,(H2,21,22,28)/b20-12-. The highest BCUT2D eigenvalue weighted by Gasteiger charge is 2.09. The van der Waals surface area contributed by atoms with Crippen molar-refractivity contribution in [3.8, 4) is 17.1 Å². The van der Waals surface area contributed by atoms with Crippen molar-refractivity contribution in [3.63, 3.8) is 0 Å². The third-order valence-corrected chi connectivity index (χ3v) is 3.85. The summed E-state index contributed by atoms with van der Waals surface area (Å²) in [6, 6.07) is 17.0. The molecular weight excluding hydrogens is 380 g/mol. The first-order valence-electron chi connectivity index (χ1n) is 8.14. The van der Waals surface area contributed by atoms with E-state index in [1.54, 1.807) is 37.4 Å². The van der Waals surface area contributed by atoms with Gasteiger partial charge in [0.2, 0.25) is 0 Å². The molecule has 0 aliphatic rings. The minimum absolute atomic E-state index is 0.000232. The number of nitro groups is 1. The molecule has 142 valence electrons. The van der Waals surface area contributed by atoms with Gasteiger partial charge in [-0.25, -0.2) is 0 Å². The molecule has 0 spiro atoms. The lowest BCUT2D eigenvalue weighted by Crippen LogP contribution is -2.23. The molecule has 1 heterocycles. The first kappa shape index (κ1) is 19.1. The predicted octanol–water partition coefficient (Wildman–Crippen LogP) is 4.18. The summed E-state index contributed by atoms with van der Waals surface area (Å²) in [5.74, 6) is 1.68. The van der Waals surface area contributed by atoms with Crippen molar-refractivity contribution < 1.29 is 14.1 Å². The van der Waals surface area contributed by atoms with Crippen molar-refractivity contribution in [1.29, 1.82) is 0 Å². The van der Waals surface area contributed by atoms with Crippen LogP contribution in [-0.4, -0.2) is 23.4 Å². The van der Waals surface area contributed by atoms with Gasteiger partial charge in [-0.1, -0.05) is 18.2 Å². The van der Waals surface area contributed by atoms with Crippen molar-refractivity contribution in [2.75, 3.05) is 12.4 Å². The zero-order chi connectivity index (χ0) is 19.9. The maximum absolute atomic E-state index is 10.9. The van der Waals surface area contributed by atoms with E-state index in [0.29, 0.717) is 27.9 Å². The first-order chi connectivity index (χ1) is 13.5. The molecule has 2 aromatic carbocycles. The maximum Gasteiger partial charge on any atom is 0.270 e. The largest absolute Gasteiger partial charge is 0.497 e. The lowest BCUT2D eigenvalue weighted by Gasteiger charge is -2.08. The molecule has 0 aliphatic heterocycles. The van der Waals surface area contributed by atoms with Crippen LogP contribution in [0.15, 0.2) is 70.2 Å². The average molecular weight is 396 g/mol. The second-order valence-electron chi connectivity index (χ2n) is 5.57. The number of benzene rings is 2. The van der Waals surface area contributed by atoms with Crippen molar-refractivity contribution in [1.82, 2.24) is 5.43 Å². The fraction of sp³-hybridized carbons (Fsp3) is 0.0526. The van der Waals surface area contributed by atoms with Crippen LogP contribution in [0.3, 0.4) is 0 Å². The van der Waals surface area contributed by atoms with Crippen LogP contribution < -0.4 is 15.5 Å². The molecule has 3 aromatic rings. The lowest BCUT2D eigenvalue weighted by atomic mass is 10.1. The average Bonchev–Trinajstić information content (AvgIpc) is 3.17. The number of anilines is 1. The van der Waals surface area contributed by atoms with E-state index in [9.17, 15) is 10.1 Å². The second-order valence-corrected chi connectivity index (χ2v) is 5.97. The molecule has 0 fully saturated rings. The smallest absolute Gasteiger partial charge is 0.270 e. The van der Waals surface area contributed by atoms with Gasteiger partial charge in [-0.15, -0.1) is 0 Å². The van der Waals surface area contributed by atoms with E-state index in [0.717, 1.165) is 5.69 Å². The zero-order valence-corrected chi connectivity index (χ0v) is 15.6. The van der Waals surface area contributed by atoms with E-state index in [1.807, 2.05) is 18.2 Å². The quantitative estimate of drug-likeness (QED) is 0.279. The minimum Gasteiger partial charge on any atom is -0.497 e. The number of non-ortho nitro benzene ring substituents is 1. The van der Waals surface area contributed by atoms with E-state index < -0.39 is 4.92 Å². The highest BCUT2D eigenvalue weighted by Crippen LogP contribution is 2.25. The Balaban J connectivity index is 1.60. The van der Waals surface area contributed by atoms with E-state index in [2.05, 4.69) is 15.8 Å². The minimum atomic E-state index is -0.449. The van der Waals surface area contributed by atoms with Gasteiger partial charge in [0.05, 0.1) is 18.2 Å². The highest BCUT2D eigenvalue weighted by molar-refractivity contribution is 7.80. The summed E-state index contributed by atoms with van der Waals surface area (Å²) < 4.78 is 10.8. The van der Waals surface area contributed by atoms with Crippen molar-refractivity contribution in [2.24, 2.45) is 5.10 Å². The molecule has 0 saturated heterocycles. The molecule has 0 amide bonds. The van der Waals surface area contributed by atoms with Gasteiger partial charge < -0.3 is 14.5 Å². The Bertz CT molecular complexity index is 1030. The highest BCUT2D eigenvalue weighted by atomic mass is 32.1. The van der Waals surface area contributed by atoms with Crippen molar-refractivity contribution in [3.05, 3.63) is 76.5 Å². The van der Waals surface area contributed by atoms with Crippen molar-refractivity contribution in [2.45, 2.75) is 0 Å². The van der Waals surface area contributed by atoms with Crippen LogP contribution >= 0.6 is 12.2 Å². The Morgan fingerprint density at radius 3 is 2.82 bits per heavy atom. The number of furan rings is 1. The molecule has 28 heavy (non-hydrogen) atoms. The maximum atomic E-state index is 10.9. The SMILES string of the molecule is COc1cccc(NC(=S)N/N=C\c2ccc(-c3cccc([N+](=O)[O-])c3)o2)c1. The number of nitrogens with zero attached hydrogens (tertiary/aromatic N) is 2. The lowest BCUT2D eigenvalue weighted by molar-refractivity contribution is -0.384. The number of ether oxygens (including phenoxy) is 1. The summed E-state index contributed by atoms with van der Waals surface area (Å²) in [6.45, 7) is 0. The van der Waals surface area contributed by atoms with Gasteiger partial charge in [-0.05, 0) is 36.5 Å². The fourth-order valence-electron chi connectivity index (χ4n) is 2.36. The van der Waals surface area contributed by atoms with Crippen LogP contribution in [-0.2, 0) is 0 Å². The number of nitro benzene ring substituents is 1. The van der Waals surface area contributed by atoms with Crippen LogP contribution in [0.25, 0.3) is 11.3 Å². The number of thiocarbonyl (C=S) groups is 1. The molecule has 1 aromatic heterocycles. The van der Waals surface area contributed by atoms with Crippen LogP contribution in [0.1, 0.15) is 5.76 Å². The third-order valence-electron chi connectivity index (χ3n) is 3.65. The molecule has 0 atom stereocenters. The first-order valence-corrected chi connectivity index (χ1v) is 8.55. The number of methoxy groups -OCH3 is 1. The summed E-state index contributed by atoms with van der Waals surface area (Å²) in [6.07, 6.45) is 1.46. The monoisotopic (exact) mass is 396 g/mol. The van der Waals surface area contributed by atoms with E-state index in [-0.39, 0.29) is 5.69 Å². The summed E-state index contributed by atoms with van der Waals surface area (Å²) in [5, 5.41) is 18.2. The Kier molecular flexibility index (Phi) is 5.97. The number of nitrogens with one attached hydrogen (secondary N) is 2. The predicted molar refractivity (Wildman–Crippen MR) is 111 cm³/mol. The summed E-state index contributed by atoms with van der Waals surface area (Å²) in [5.41, 5.74) is 4.06. The van der Waals surface area contributed by atoms with Gasteiger partial charge >= 0.3 is 0 Å². The topological polar surface area (TPSA) is 102 Å². The van der Waals surface area contributed by atoms with Gasteiger partial charge in [0.15, 0.2) is 5.11 Å². The Morgan fingerprint density at radius 1 is 1.21 bits per heavy atom. The van der Waals surface area contributed by atoms with Crippen LogP contribution in [0.2, 0.25) is 0 Å². The van der Waals surface area contributed by atoms with Crippen LogP contribution in [0.4, 0.5) is 11.4 Å². The molecule has 3 rings (SSSR count). The Hall–Kier alpha value is -3.72. The molecule has 0 saturated carbocycles. The fourth-order valence-corrected chi connectivity index (χ4v) is 2.54. The normalized spacial score (nSPS) is 10.6. The number of hydrogen-bond donors (Lipinski definition) is 2. The van der Waals surface area contributed by atoms with Crippen LogP contribution in [0, 0.1) is 10.1 Å².